The number of hydrogen-bond donors (Lipinski definition) is 1. The second-order valence-corrected chi connectivity index (χ2v) is 6.05. The Morgan fingerprint density at radius 2 is 1.81 bits per heavy atom. The highest BCUT2D eigenvalue weighted by molar-refractivity contribution is 6.04. The maximum atomic E-state index is 12.4. The molecule has 0 radical (unpaired) electrons. The molecule has 27 heavy (non-hydrogen) atoms. The van der Waals surface area contributed by atoms with E-state index in [-0.39, 0.29) is 5.91 Å². The van der Waals surface area contributed by atoms with Gasteiger partial charge in [-0.2, -0.15) is 5.26 Å². The zero-order valence-electron chi connectivity index (χ0n) is 15.1. The van der Waals surface area contributed by atoms with E-state index in [1.807, 2.05) is 24.3 Å². The van der Waals surface area contributed by atoms with Crippen LogP contribution in [0.2, 0.25) is 0 Å². The van der Waals surface area contributed by atoms with Gasteiger partial charge in [-0.15, -0.1) is 0 Å². The molecule has 1 amide bonds. The molecule has 0 saturated heterocycles. The van der Waals surface area contributed by atoms with E-state index in [1.54, 1.807) is 36.5 Å². The molecular weight excluding hydrogens is 336 g/mol. The predicted molar refractivity (Wildman–Crippen MR) is 107 cm³/mol. The van der Waals surface area contributed by atoms with Gasteiger partial charge in [0.15, 0.2) is 0 Å². The van der Waals surface area contributed by atoms with Gasteiger partial charge in [-0.1, -0.05) is 30.3 Å². The Bertz CT molecular complexity index is 929. The summed E-state index contributed by atoms with van der Waals surface area (Å²) in [5.74, 6) is 0.598. The first-order valence-corrected chi connectivity index (χ1v) is 8.76. The third-order valence-electron chi connectivity index (χ3n) is 4.20. The maximum Gasteiger partial charge on any atom is 0.257 e. The molecule has 0 aliphatic heterocycles. The van der Waals surface area contributed by atoms with Gasteiger partial charge in [-0.25, -0.2) is 4.98 Å². The molecule has 0 aliphatic carbocycles. The molecule has 3 rings (SSSR count). The highest BCUT2D eigenvalue weighted by Gasteiger charge is 2.10. The van der Waals surface area contributed by atoms with Crippen molar-refractivity contribution in [3.63, 3.8) is 0 Å². The highest BCUT2D eigenvalue weighted by atomic mass is 16.1. The van der Waals surface area contributed by atoms with Gasteiger partial charge in [-0.3, -0.25) is 4.79 Å². The van der Waals surface area contributed by atoms with Crippen LogP contribution in [0.15, 0.2) is 72.9 Å². The van der Waals surface area contributed by atoms with Gasteiger partial charge in [0.05, 0.1) is 17.2 Å². The number of amides is 1. The number of nitriles is 1. The Morgan fingerprint density at radius 1 is 1.07 bits per heavy atom. The second-order valence-electron chi connectivity index (χ2n) is 6.05. The van der Waals surface area contributed by atoms with Gasteiger partial charge in [0.25, 0.3) is 5.91 Å². The van der Waals surface area contributed by atoms with Crippen LogP contribution in [-0.2, 0) is 6.54 Å². The smallest absolute Gasteiger partial charge is 0.257 e. The van der Waals surface area contributed by atoms with Crippen molar-refractivity contribution >= 4 is 17.4 Å². The average molecular weight is 356 g/mol. The van der Waals surface area contributed by atoms with Crippen molar-refractivity contribution in [3.05, 3.63) is 89.6 Å². The Kier molecular flexibility index (Phi) is 5.80. The molecule has 0 bridgehead atoms. The number of rotatable bonds is 6. The highest BCUT2D eigenvalue weighted by Crippen LogP contribution is 2.16. The van der Waals surface area contributed by atoms with Gasteiger partial charge >= 0.3 is 0 Å². The summed E-state index contributed by atoms with van der Waals surface area (Å²) in [4.78, 5) is 19.0. The number of carbonyl (C=O) groups is 1. The number of carbonyl (C=O) groups excluding carboxylic acids is 1. The lowest BCUT2D eigenvalue weighted by atomic mass is 10.2. The van der Waals surface area contributed by atoms with E-state index in [0.717, 1.165) is 18.9 Å². The van der Waals surface area contributed by atoms with Crippen molar-refractivity contribution in [2.75, 3.05) is 16.8 Å². The normalized spacial score (nSPS) is 10.1. The number of nitrogens with one attached hydrogen (secondary N) is 1. The Labute approximate surface area is 158 Å². The molecule has 5 nitrogen and oxygen atoms in total. The van der Waals surface area contributed by atoms with Crippen LogP contribution < -0.4 is 10.2 Å². The van der Waals surface area contributed by atoms with Crippen molar-refractivity contribution in [2.24, 2.45) is 0 Å². The van der Waals surface area contributed by atoms with Crippen LogP contribution in [0.5, 0.6) is 0 Å². The lowest BCUT2D eigenvalue weighted by molar-refractivity contribution is 0.102. The Morgan fingerprint density at radius 3 is 2.41 bits per heavy atom. The van der Waals surface area contributed by atoms with Crippen molar-refractivity contribution < 1.29 is 4.79 Å². The lowest BCUT2D eigenvalue weighted by Crippen LogP contribution is -2.23. The van der Waals surface area contributed by atoms with Crippen LogP contribution in [0, 0.1) is 11.3 Å². The van der Waals surface area contributed by atoms with Crippen molar-refractivity contribution in [1.29, 1.82) is 5.26 Å². The summed E-state index contributed by atoms with van der Waals surface area (Å²) in [5, 5.41) is 11.6. The molecule has 0 saturated carbocycles. The number of hydrogen-bond acceptors (Lipinski definition) is 4. The number of benzene rings is 2. The van der Waals surface area contributed by atoms with E-state index in [4.69, 9.17) is 5.26 Å². The minimum Gasteiger partial charge on any atom is -0.353 e. The van der Waals surface area contributed by atoms with Crippen LogP contribution in [0.1, 0.15) is 28.4 Å². The fourth-order valence-electron chi connectivity index (χ4n) is 2.70. The van der Waals surface area contributed by atoms with Gasteiger partial charge in [0.1, 0.15) is 5.82 Å². The van der Waals surface area contributed by atoms with E-state index in [1.165, 1.54) is 5.56 Å². The molecular formula is C22H20N4O. The number of nitrogens with zero attached hydrogens (tertiary/aromatic N) is 3. The predicted octanol–water partition coefficient (Wildman–Crippen LogP) is 4.23. The Balaban J connectivity index is 1.67. The van der Waals surface area contributed by atoms with Gasteiger partial charge in [-0.05, 0) is 48.9 Å². The molecule has 0 unspecified atom stereocenters. The minimum absolute atomic E-state index is 0.232. The van der Waals surface area contributed by atoms with Crippen LogP contribution in [0.3, 0.4) is 0 Å². The average Bonchev–Trinajstić information content (AvgIpc) is 2.73. The zero-order valence-corrected chi connectivity index (χ0v) is 15.1. The van der Waals surface area contributed by atoms with E-state index in [2.05, 4.69) is 40.3 Å². The van der Waals surface area contributed by atoms with Gasteiger partial charge in [0, 0.05) is 25.0 Å². The molecule has 0 aliphatic rings. The van der Waals surface area contributed by atoms with E-state index in [9.17, 15) is 4.79 Å². The van der Waals surface area contributed by atoms with Gasteiger partial charge < -0.3 is 10.2 Å². The van der Waals surface area contributed by atoms with Crippen molar-refractivity contribution in [1.82, 2.24) is 4.98 Å². The number of anilines is 2. The molecule has 2 aromatic carbocycles. The monoisotopic (exact) mass is 356 g/mol. The maximum absolute atomic E-state index is 12.4. The second kappa shape index (κ2) is 8.63. The Hall–Kier alpha value is -3.65. The van der Waals surface area contributed by atoms with Gasteiger partial charge in [0.2, 0.25) is 0 Å². The third kappa shape index (κ3) is 4.71. The van der Waals surface area contributed by atoms with Crippen molar-refractivity contribution in [3.8, 4) is 6.07 Å². The fraction of sp³-hybridized carbons (Fsp3) is 0.136. The molecule has 0 atom stereocenters. The molecule has 1 heterocycles. The van der Waals surface area contributed by atoms with E-state index in [0.29, 0.717) is 16.8 Å². The summed E-state index contributed by atoms with van der Waals surface area (Å²) >= 11 is 0. The molecule has 0 spiro atoms. The summed E-state index contributed by atoms with van der Waals surface area (Å²) in [6.07, 6.45) is 1.59. The van der Waals surface area contributed by atoms with Crippen LogP contribution in [-0.4, -0.2) is 17.4 Å². The summed E-state index contributed by atoms with van der Waals surface area (Å²) in [7, 11) is 0. The molecule has 3 aromatic rings. The number of aromatic nitrogens is 1. The lowest BCUT2D eigenvalue weighted by Gasteiger charge is -2.22. The van der Waals surface area contributed by atoms with Crippen LogP contribution in [0.4, 0.5) is 11.5 Å². The fourth-order valence-corrected chi connectivity index (χ4v) is 2.70. The summed E-state index contributed by atoms with van der Waals surface area (Å²) < 4.78 is 0. The first kappa shape index (κ1) is 18.2. The zero-order chi connectivity index (χ0) is 19.1. The standard InChI is InChI=1S/C22H20N4O/c1-2-26(16-18-6-4-3-5-7-18)21-13-10-19(15-24-21)22(27)25-20-11-8-17(14-23)9-12-20/h3-13,15H,2,16H2,1H3,(H,25,27). The van der Waals surface area contributed by atoms with Crippen LogP contribution in [0.25, 0.3) is 0 Å². The molecule has 1 N–H and O–H groups in total. The molecule has 0 fully saturated rings. The summed E-state index contributed by atoms with van der Waals surface area (Å²) in [6.45, 7) is 3.66. The summed E-state index contributed by atoms with van der Waals surface area (Å²) in [6, 6.07) is 22.6. The molecule has 1 aromatic heterocycles. The quantitative estimate of drug-likeness (QED) is 0.717. The third-order valence-corrected chi connectivity index (χ3v) is 4.20. The molecule has 134 valence electrons. The van der Waals surface area contributed by atoms with E-state index >= 15 is 0 Å². The number of pyridine rings is 1. The topological polar surface area (TPSA) is 69.0 Å². The molecule has 5 heteroatoms. The minimum atomic E-state index is -0.232. The first-order chi connectivity index (χ1) is 13.2. The van der Waals surface area contributed by atoms with Crippen molar-refractivity contribution in [2.45, 2.75) is 13.5 Å². The summed E-state index contributed by atoms with van der Waals surface area (Å²) in [5.41, 5.74) is 2.89. The SMILES string of the molecule is CCN(Cc1ccccc1)c1ccc(C(=O)Nc2ccc(C#N)cc2)cn1. The largest absolute Gasteiger partial charge is 0.353 e. The first-order valence-electron chi connectivity index (χ1n) is 8.76. The van der Waals surface area contributed by atoms with Crippen LogP contribution >= 0.6 is 0 Å². The van der Waals surface area contributed by atoms with E-state index < -0.39 is 0 Å².